The summed E-state index contributed by atoms with van der Waals surface area (Å²) in [6.45, 7) is 6.05. The summed E-state index contributed by atoms with van der Waals surface area (Å²) in [5.74, 6) is -2.83. The number of thioether (sulfide) groups is 1. The van der Waals surface area contributed by atoms with Gasteiger partial charge in [-0.3, -0.25) is 4.99 Å². The number of hydrogen-bond donors (Lipinski definition) is 3. The molecule has 0 aromatic heterocycles. The van der Waals surface area contributed by atoms with Crippen LogP contribution >= 0.6 is 11.8 Å². The number of aliphatic hydroxyl groups excluding tert-OH is 1. The number of anilines is 1. The predicted molar refractivity (Wildman–Crippen MR) is 170 cm³/mol. The Morgan fingerprint density at radius 1 is 1.25 bits per heavy atom. The van der Waals surface area contributed by atoms with E-state index in [1.54, 1.807) is 6.26 Å². The van der Waals surface area contributed by atoms with Crippen molar-refractivity contribution in [3.05, 3.63) is 82.7 Å². The highest BCUT2D eigenvalue weighted by Gasteiger charge is 2.33. The van der Waals surface area contributed by atoms with Gasteiger partial charge in [0.2, 0.25) is 5.82 Å². The highest BCUT2D eigenvalue weighted by molar-refractivity contribution is 7.98. The number of aliphatic hydroxyl groups is 1. The summed E-state index contributed by atoms with van der Waals surface area (Å²) in [7, 11) is 2.47. The Balaban J connectivity index is 0.00000259. The van der Waals surface area contributed by atoms with Crippen LogP contribution < -0.4 is 20.5 Å². The third-order valence-electron chi connectivity index (χ3n) is 7.01. The van der Waals surface area contributed by atoms with Gasteiger partial charge in [-0.15, -0.1) is 11.8 Å². The fourth-order valence-corrected chi connectivity index (χ4v) is 5.50. The number of aldehydes is 1. The molecule has 4 rings (SSSR count). The first kappa shape index (κ1) is 34.2. The maximum Gasteiger partial charge on any atom is 0.204 e. The molecule has 0 fully saturated rings. The average molecular weight is 629 g/mol. The largest absolute Gasteiger partial charge is 0.493 e. The van der Waals surface area contributed by atoms with Gasteiger partial charge in [0.05, 0.1) is 28.3 Å². The first-order chi connectivity index (χ1) is 21.2. The van der Waals surface area contributed by atoms with Crippen molar-refractivity contribution in [2.75, 3.05) is 32.3 Å². The minimum atomic E-state index is -1.20. The summed E-state index contributed by atoms with van der Waals surface area (Å²) in [4.78, 5) is 20.0. The summed E-state index contributed by atoms with van der Waals surface area (Å²) in [6, 6.07) is 9.36. The molecule has 1 aliphatic heterocycles. The third kappa shape index (κ3) is 7.08. The summed E-state index contributed by atoms with van der Waals surface area (Å²) in [6.07, 6.45) is 6.73. The van der Waals surface area contributed by atoms with Gasteiger partial charge in [-0.05, 0) is 43.4 Å². The van der Waals surface area contributed by atoms with Crippen molar-refractivity contribution in [3.8, 4) is 17.2 Å². The standard InChI is InChI=1S/C31H31F3N4O3S.CH4O/c1-5-20-26(36-3)24(33)25(34)28(29(20)42-4)41-19-11-12-23(32)21(16-19)30(35)37-17-38-31(2)13-15-40-27-18(9-7-14-39)8-6-10-22(27)31;1-2/h5-6,8,10-12,14,16-17,36H,1,7,9,13,15H2,2-4H3,(H2,35,37,38);2H,1H3. The molecule has 0 saturated heterocycles. The average Bonchev–Trinajstić information content (AvgIpc) is 3.04. The minimum absolute atomic E-state index is 0.0236. The summed E-state index contributed by atoms with van der Waals surface area (Å²) < 4.78 is 56.3. The maximum absolute atomic E-state index is 15.1. The molecule has 8 nitrogen and oxygen atoms in total. The lowest BCUT2D eigenvalue weighted by molar-refractivity contribution is -0.107. The Bertz CT molecular complexity index is 1580. The molecule has 1 heterocycles. The maximum atomic E-state index is 15.1. The van der Waals surface area contributed by atoms with E-state index in [-0.39, 0.29) is 28.6 Å². The highest BCUT2D eigenvalue weighted by Crippen LogP contribution is 2.44. The third-order valence-corrected chi connectivity index (χ3v) is 7.82. The van der Waals surface area contributed by atoms with E-state index in [9.17, 15) is 13.6 Å². The molecule has 0 saturated carbocycles. The molecule has 0 amide bonds. The molecular formula is C32H35F3N4O4S. The molecule has 0 bridgehead atoms. The number of para-hydroxylation sites is 1. The fraction of sp³-hybridized carbons (Fsp3) is 0.281. The second-order valence-corrected chi connectivity index (χ2v) is 10.4. The Hall–Kier alpha value is -4.29. The van der Waals surface area contributed by atoms with Gasteiger partial charge in [0.15, 0.2) is 11.6 Å². The first-order valence-corrected chi connectivity index (χ1v) is 14.8. The van der Waals surface area contributed by atoms with Crippen molar-refractivity contribution >= 4 is 42.0 Å². The van der Waals surface area contributed by atoms with Crippen LogP contribution in [0.15, 0.2) is 57.9 Å². The van der Waals surface area contributed by atoms with Crippen molar-refractivity contribution in [1.29, 1.82) is 0 Å². The van der Waals surface area contributed by atoms with Crippen LogP contribution in [-0.4, -0.2) is 50.6 Å². The Morgan fingerprint density at radius 2 is 2.00 bits per heavy atom. The number of aliphatic imine (C=N–C) groups is 2. The highest BCUT2D eigenvalue weighted by atomic mass is 32.2. The number of aryl methyl sites for hydroxylation is 1. The van der Waals surface area contributed by atoms with E-state index in [1.807, 2.05) is 25.1 Å². The van der Waals surface area contributed by atoms with E-state index in [1.165, 1.54) is 31.6 Å². The van der Waals surface area contributed by atoms with Crippen molar-refractivity contribution in [2.24, 2.45) is 15.7 Å². The topological polar surface area (TPSA) is 119 Å². The number of carbonyl (C=O) groups excluding carboxylic acids is 1. The van der Waals surface area contributed by atoms with Crippen LogP contribution in [0.1, 0.15) is 42.0 Å². The van der Waals surface area contributed by atoms with Crippen LogP contribution in [0.3, 0.4) is 0 Å². The van der Waals surface area contributed by atoms with Gasteiger partial charge in [0, 0.05) is 38.1 Å². The Labute approximate surface area is 258 Å². The number of amidine groups is 1. The van der Waals surface area contributed by atoms with Crippen LogP contribution in [0.25, 0.3) is 6.08 Å². The number of carbonyl (C=O) groups is 1. The quantitative estimate of drug-likeness (QED) is 0.0964. The molecule has 0 spiro atoms. The Kier molecular flexibility index (Phi) is 12.0. The van der Waals surface area contributed by atoms with Crippen LogP contribution in [0.5, 0.6) is 17.2 Å². The van der Waals surface area contributed by atoms with Crippen LogP contribution in [0.4, 0.5) is 18.9 Å². The molecule has 44 heavy (non-hydrogen) atoms. The number of nitrogens with one attached hydrogen (secondary N) is 1. The molecule has 234 valence electrons. The molecule has 4 N–H and O–H groups in total. The van der Waals surface area contributed by atoms with Crippen molar-refractivity contribution < 1.29 is 32.5 Å². The van der Waals surface area contributed by atoms with Gasteiger partial charge in [-0.2, -0.15) is 4.39 Å². The summed E-state index contributed by atoms with van der Waals surface area (Å²) in [5.41, 5.74) is 7.40. The van der Waals surface area contributed by atoms with Gasteiger partial charge >= 0.3 is 0 Å². The van der Waals surface area contributed by atoms with Gasteiger partial charge < -0.3 is 30.4 Å². The number of hydrogen-bond acceptors (Lipinski definition) is 7. The smallest absolute Gasteiger partial charge is 0.204 e. The lowest BCUT2D eigenvalue weighted by Crippen LogP contribution is -2.29. The lowest BCUT2D eigenvalue weighted by atomic mass is 9.85. The fourth-order valence-electron chi connectivity index (χ4n) is 4.78. The van der Waals surface area contributed by atoms with Gasteiger partial charge in [-0.25, -0.2) is 13.8 Å². The zero-order chi connectivity index (χ0) is 32.4. The molecule has 1 unspecified atom stereocenters. The Morgan fingerprint density at radius 3 is 2.66 bits per heavy atom. The van der Waals surface area contributed by atoms with Crippen molar-refractivity contribution in [2.45, 2.75) is 36.6 Å². The zero-order valence-corrected chi connectivity index (χ0v) is 25.7. The van der Waals surface area contributed by atoms with Crippen molar-refractivity contribution in [3.63, 3.8) is 0 Å². The van der Waals surface area contributed by atoms with Crippen LogP contribution in [0, 0.1) is 17.5 Å². The van der Waals surface area contributed by atoms with Crippen molar-refractivity contribution in [1.82, 2.24) is 0 Å². The number of halogens is 3. The molecule has 3 aromatic carbocycles. The number of benzene rings is 3. The SMILES string of the molecule is C=Cc1c(NC)c(F)c(F)c(Oc2ccc(F)c(C(N)=NC=NC3(C)CCOc4c(CCC=O)cccc43)c2)c1SC.CO. The van der Waals surface area contributed by atoms with E-state index < -0.39 is 23.0 Å². The molecule has 1 aliphatic rings. The van der Waals surface area contributed by atoms with Crippen LogP contribution in [-0.2, 0) is 16.8 Å². The molecule has 1 atom stereocenters. The van der Waals surface area contributed by atoms with E-state index in [0.717, 1.165) is 42.4 Å². The molecule has 3 aromatic rings. The number of rotatable bonds is 11. The van der Waals surface area contributed by atoms with E-state index in [0.29, 0.717) is 42.1 Å². The molecule has 0 aliphatic carbocycles. The zero-order valence-electron chi connectivity index (χ0n) is 24.9. The first-order valence-electron chi connectivity index (χ1n) is 13.6. The number of nitrogens with zero attached hydrogens (tertiary/aromatic N) is 2. The summed E-state index contributed by atoms with van der Waals surface area (Å²) >= 11 is 1.15. The molecular weight excluding hydrogens is 593 g/mol. The van der Waals surface area contributed by atoms with Gasteiger partial charge in [0.1, 0.15) is 35.8 Å². The van der Waals surface area contributed by atoms with E-state index >= 15 is 4.39 Å². The molecule has 0 radical (unpaired) electrons. The number of nitrogens with two attached hydrogens (primary N) is 1. The number of fused-ring (bicyclic) bond motifs is 1. The predicted octanol–water partition coefficient (Wildman–Crippen LogP) is 6.47. The van der Waals surface area contributed by atoms with Crippen LogP contribution in [0.2, 0.25) is 0 Å². The van der Waals surface area contributed by atoms with E-state index in [2.05, 4.69) is 21.9 Å². The monoisotopic (exact) mass is 628 g/mol. The summed E-state index contributed by atoms with van der Waals surface area (Å²) in [5, 5.41) is 9.65. The lowest BCUT2D eigenvalue weighted by Gasteiger charge is -2.33. The molecule has 12 heteroatoms. The van der Waals surface area contributed by atoms with E-state index in [4.69, 9.17) is 20.3 Å². The van der Waals surface area contributed by atoms with Gasteiger partial charge in [-0.1, -0.05) is 30.9 Å². The number of ether oxygens (including phenoxy) is 2. The van der Waals surface area contributed by atoms with Gasteiger partial charge in [0.25, 0.3) is 0 Å². The normalized spacial score (nSPS) is 16.0. The second kappa shape index (κ2) is 15.4. The minimum Gasteiger partial charge on any atom is -0.493 e. The second-order valence-electron chi connectivity index (χ2n) is 9.61.